The Bertz CT molecular complexity index is 872. The number of rotatable bonds is 4. The smallest absolute Gasteiger partial charge is 0.340 e. The first-order chi connectivity index (χ1) is 11.6. The number of carbonyl (C=O) groups is 1. The minimum absolute atomic E-state index is 0.188. The second-order valence-electron chi connectivity index (χ2n) is 5.24. The number of aromatic nitrogens is 3. The summed E-state index contributed by atoms with van der Waals surface area (Å²) < 4.78 is 7.13. The van der Waals surface area contributed by atoms with Gasteiger partial charge in [-0.05, 0) is 24.6 Å². The van der Waals surface area contributed by atoms with Crippen molar-refractivity contribution in [3.05, 3.63) is 54.2 Å². The average molecular weight is 322 g/mol. The van der Waals surface area contributed by atoms with Crippen molar-refractivity contribution >= 4 is 11.9 Å². The SMILES string of the molecule is CCOC(=O)c1cc(-c2ccnc(N)n2)n(C)c1-c1ccccc1. The molecule has 0 aliphatic heterocycles. The molecule has 2 heterocycles. The van der Waals surface area contributed by atoms with Crippen molar-refractivity contribution in [1.82, 2.24) is 14.5 Å². The minimum Gasteiger partial charge on any atom is -0.462 e. The van der Waals surface area contributed by atoms with Crippen molar-refractivity contribution in [3.8, 4) is 22.6 Å². The Balaban J connectivity index is 2.21. The Morgan fingerprint density at radius 1 is 1.25 bits per heavy atom. The molecule has 1 aromatic carbocycles. The fourth-order valence-electron chi connectivity index (χ4n) is 2.67. The summed E-state index contributed by atoms with van der Waals surface area (Å²) in [5.74, 6) is -0.173. The molecule has 2 N–H and O–H groups in total. The summed E-state index contributed by atoms with van der Waals surface area (Å²) in [6, 6.07) is 13.2. The molecule has 0 amide bonds. The van der Waals surface area contributed by atoms with Crippen molar-refractivity contribution in [2.24, 2.45) is 7.05 Å². The quantitative estimate of drug-likeness (QED) is 0.747. The highest BCUT2D eigenvalue weighted by molar-refractivity contribution is 5.98. The largest absolute Gasteiger partial charge is 0.462 e. The van der Waals surface area contributed by atoms with Gasteiger partial charge >= 0.3 is 5.97 Å². The van der Waals surface area contributed by atoms with E-state index < -0.39 is 0 Å². The molecule has 24 heavy (non-hydrogen) atoms. The van der Waals surface area contributed by atoms with Crippen LogP contribution in [0.25, 0.3) is 22.6 Å². The Morgan fingerprint density at radius 2 is 2.00 bits per heavy atom. The van der Waals surface area contributed by atoms with Gasteiger partial charge < -0.3 is 15.0 Å². The molecule has 2 aromatic heterocycles. The highest BCUT2D eigenvalue weighted by atomic mass is 16.5. The van der Waals surface area contributed by atoms with Crippen LogP contribution in [0.2, 0.25) is 0 Å². The Morgan fingerprint density at radius 3 is 2.67 bits per heavy atom. The van der Waals surface area contributed by atoms with Crippen LogP contribution in [-0.2, 0) is 11.8 Å². The molecule has 0 fully saturated rings. The maximum atomic E-state index is 12.4. The predicted octanol–water partition coefficient (Wildman–Crippen LogP) is 2.91. The summed E-state index contributed by atoms with van der Waals surface area (Å²) in [5, 5.41) is 0. The number of anilines is 1. The van der Waals surface area contributed by atoms with Crippen LogP contribution < -0.4 is 5.73 Å². The third-order valence-electron chi connectivity index (χ3n) is 3.71. The minimum atomic E-state index is -0.361. The first-order valence-corrected chi connectivity index (χ1v) is 7.63. The lowest BCUT2D eigenvalue weighted by Gasteiger charge is -2.09. The second-order valence-corrected chi connectivity index (χ2v) is 5.24. The molecule has 0 atom stereocenters. The lowest BCUT2D eigenvalue weighted by Crippen LogP contribution is -2.06. The van der Waals surface area contributed by atoms with Gasteiger partial charge in [0.1, 0.15) is 0 Å². The summed E-state index contributed by atoms with van der Waals surface area (Å²) in [6.45, 7) is 2.10. The zero-order valence-corrected chi connectivity index (χ0v) is 13.6. The molecule has 6 nitrogen and oxygen atoms in total. The zero-order chi connectivity index (χ0) is 17.1. The lowest BCUT2D eigenvalue weighted by molar-refractivity contribution is 0.0527. The molecule has 3 aromatic rings. The van der Waals surface area contributed by atoms with Crippen LogP contribution in [-0.4, -0.2) is 27.1 Å². The Kier molecular flexibility index (Phi) is 4.29. The second kappa shape index (κ2) is 6.54. The summed E-state index contributed by atoms with van der Waals surface area (Å²) in [6.07, 6.45) is 1.59. The summed E-state index contributed by atoms with van der Waals surface area (Å²) in [5.41, 5.74) is 9.31. The fraction of sp³-hybridized carbons (Fsp3) is 0.167. The highest BCUT2D eigenvalue weighted by Gasteiger charge is 2.22. The maximum Gasteiger partial charge on any atom is 0.340 e. The van der Waals surface area contributed by atoms with E-state index in [9.17, 15) is 4.79 Å². The number of benzene rings is 1. The molecular weight excluding hydrogens is 304 g/mol. The van der Waals surface area contributed by atoms with Gasteiger partial charge in [0.05, 0.1) is 29.3 Å². The number of ether oxygens (including phenoxy) is 1. The van der Waals surface area contributed by atoms with Gasteiger partial charge in [0.15, 0.2) is 0 Å². The van der Waals surface area contributed by atoms with Gasteiger partial charge in [-0.3, -0.25) is 0 Å². The topological polar surface area (TPSA) is 83.0 Å². The van der Waals surface area contributed by atoms with Crippen LogP contribution >= 0.6 is 0 Å². The van der Waals surface area contributed by atoms with E-state index in [1.807, 2.05) is 41.9 Å². The maximum absolute atomic E-state index is 12.4. The Labute approximate surface area is 139 Å². The first kappa shape index (κ1) is 15.7. The van der Waals surface area contributed by atoms with Gasteiger partial charge in [-0.15, -0.1) is 0 Å². The van der Waals surface area contributed by atoms with E-state index in [0.717, 1.165) is 17.0 Å². The zero-order valence-electron chi connectivity index (χ0n) is 13.6. The molecule has 6 heteroatoms. The van der Waals surface area contributed by atoms with Crippen molar-refractivity contribution in [1.29, 1.82) is 0 Å². The van der Waals surface area contributed by atoms with E-state index >= 15 is 0 Å². The van der Waals surface area contributed by atoms with Crippen molar-refractivity contribution in [2.75, 3.05) is 12.3 Å². The van der Waals surface area contributed by atoms with Crippen LogP contribution in [0.1, 0.15) is 17.3 Å². The number of nitrogens with zero attached hydrogens (tertiary/aromatic N) is 3. The highest BCUT2D eigenvalue weighted by Crippen LogP contribution is 2.31. The van der Waals surface area contributed by atoms with E-state index in [1.54, 1.807) is 25.3 Å². The molecule has 0 aliphatic carbocycles. The van der Waals surface area contributed by atoms with Gasteiger partial charge in [0.2, 0.25) is 5.95 Å². The monoisotopic (exact) mass is 322 g/mol. The summed E-state index contributed by atoms with van der Waals surface area (Å²) >= 11 is 0. The van der Waals surface area contributed by atoms with E-state index in [2.05, 4.69) is 9.97 Å². The molecule has 0 bridgehead atoms. The lowest BCUT2D eigenvalue weighted by atomic mass is 10.1. The van der Waals surface area contributed by atoms with Gasteiger partial charge in [-0.2, -0.15) is 0 Å². The van der Waals surface area contributed by atoms with Crippen LogP contribution in [0.3, 0.4) is 0 Å². The molecule has 3 rings (SSSR count). The third-order valence-corrected chi connectivity index (χ3v) is 3.71. The van der Waals surface area contributed by atoms with Gasteiger partial charge in [0, 0.05) is 13.2 Å². The van der Waals surface area contributed by atoms with Crippen LogP contribution in [0.15, 0.2) is 48.7 Å². The standard InChI is InChI=1S/C18H18N4O2/c1-3-24-17(23)13-11-15(14-9-10-20-18(19)21-14)22(2)16(13)12-7-5-4-6-8-12/h4-11H,3H2,1-2H3,(H2,19,20,21). The van der Waals surface area contributed by atoms with Crippen LogP contribution in [0.5, 0.6) is 0 Å². The number of carbonyl (C=O) groups excluding carboxylic acids is 1. The van der Waals surface area contributed by atoms with E-state index in [1.165, 1.54) is 0 Å². The molecule has 0 radical (unpaired) electrons. The number of hydrogen-bond acceptors (Lipinski definition) is 5. The van der Waals surface area contributed by atoms with Crippen molar-refractivity contribution < 1.29 is 9.53 Å². The summed E-state index contributed by atoms with van der Waals surface area (Å²) in [7, 11) is 1.89. The number of nitrogen functional groups attached to an aromatic ring is 1. The predicted molar refractivity (Wildman–Crippen MR) is 92.2 cm³/mol. The normalized spacial score (nSPS) is 10.6. The molecular formula is C18H18N4O2. The number of hydrogen-bond donors (Lipinski definition) is 1. The fourth-order valence-corrected chi connectivity index (χ4v) is 2.67. The summed E-state index contributed by atoms with van der Waals surface area (Å²) in [4.78, 5) is 20.6. The van der Waals surface area contributed by atoms with Crippen LogP contribution in [0.4, 0.5) is 5.95 Å². The van der Waals surface area contributed by atoms with Gasteiger partial charge in [0.25, 0.3) is 0 Å². The van der Waals surface area contributed by atoms with Gasteiger partial charge in [-0.25, -0.2) is 14.8 Å². The van der Waals surface area contributed by atoms with Crippen LogP contribution in [0, 0.1) is 0 Å². The molecule has 0 spiro atoms. The van der Waals surface area contributed by atoms with Crippen molar-refractivity contribution in [3.63, 3.8) is 0 Å². The van der Waals surface area contributed by atoms with E-state index in [-0.39, 0.29) is 11.9 Å². The van der Waals surface area contributed by atoms with E-state index in [4.69, 9.17) is 10.5 Å². The van der Waals surface area contributed by atoms with E-state index in [0.29, 0.717) is 17.9 Å². The number of esters is 1. The average Bonchev–Trinajstić information content (AvgIpc) is 2.93. The molecule has 0 aliphatic rings. The molecule has 0 unspecified atom stereocenters. The first-order valence-electron chi connectivity index (χ1n) is 7.63. The molecule has 122 valence electrons. The van der Waals surface area contributed by atoms with Crippen molar-refractivity contribution in [2.45, 2.75) is 6.92 Å². The number of nitrogens with two attached hydrogens (primary N) is 1. The Hall–Kier alpha value is -3.15. The molecule has 0 saturated heterocycles. The molecule has 0 saturated carbocycles. The third kappa shape index (κ3) is 2.86. The van der Waals surface area contributed by atoms with Gasteiger partial charge in [-0.1, -0.05) is 30.3 Å².